The van der Waals surface area contributed by atoms with Crippen LogP contribution in [0.4, 0.5) is 5.69 Å². The summed E-state index contributed by atoms with van der Waals surface area (Å²) in [4.78, 5) is 7.44. The van der Waals surface area contributed by atoms with Crippen molar-refractivity contribution >= 4 is 33.0 Å². The van der Waals surface area contributed by atoms with Gasteiger partial charge in [-0.2, -0.15) is 0 Å². The largest absolute Gasteiger partial charge is 0.388 e. The Bertz CT molecular complexity index is 1330. The molecule has 35 heavy (non-hydrogen) atoms. The summed E-state index contributed by atoms with van der Waals surface area (Å²) in [6.45, 7) is 4.57. The van der Waals surface area contributed by atoms with Gasteiger partial charge < -0.3 is 10.0 Å². The number of aliphatic hydroxyl groups is 1. The Labute approximate surface area is 213 Å². The van der Waals surface area contributed by atoms with Crippen LogP contribution < -0.4 is 4.90 Å². The maximum Gasteiger partial charge on any atom is 0.175 e. The second-order valence-electron chi connectivity index (χ2n) is 9.10. The number of aliphatic imine (C=N–C) groups is 1. The second-order valence-corrected chi connectivity index (χ2v) is 11.5. The van der Waals surface area contributed by atoms with Crippen LogP contribution in [0.2, 0.25) is 5.02 Å². The van der Waals surface area contributed by atoms with Crippen LogP contribution in [-0.4, -0.2) is 43.8 Å². The maximum absolute atomic E-state index is 12.0. The van der Waals surface area contributed by atoms with Gasteiger partial charge in [-0.15, -0.1) is 0 Å². The number of benzene rings is 3. The summed E-state index contributed by atoms with van der Waals surface area (Å²) < 4.78 is 23.9. The number of rotatable bonds is 8. The first-order valence-corrected chi connectivity index (χ1v) is 14.1. The maximum atomic E-state index is 12.0. The van der Waals surface area contributed by atoms with Crippen molar-refractivity contribution in [3.8, 4) is 11.1 Å². The van der Waals surface area contributed by atoms with E-state index < -0.39 is 15.4 Å². The third-order valence-electron chi connectivity index (χ3n) is 6.90. The fourth-order valence-electron chi connectivity index (χ4n) is 4.53. The third kappa shape index (κ3) is 5.45. The van der Waals surface area contributed by atoms with Crippen molar-refractivity contribution < 1.29 is 13.5 Å². The van der Waals surface area contributed by atoms with E-state index in [0.29, 0.717) is 35.7 Å². The number of sulfone groups is 1. The minimum atomic E-state index is -3.28. The van der Waals surface area contributed by atoms with Crippen LogP contribution in [0.1, 0.15) is 32.3 Å². The van der Waals surface area contributed by atoms with Gasteiger partial charge >= 0.3 is 0 Å². The molecule has 5 nitrogen and oxygen atoms in total. The first-order valence-electron chi connectivity index (χ1n) is 11.8. The summed E-state index contributed by atoms with van der Waals surface area (Å²) in [5.74, 6) is 0.871. The van der Waals surface area contributed by atoms with Gasteiger partial charge in [0, 0.05) is 29.9 Å². The van der Waals surface area contributed by atoms with Crippen LogP contribution in [-0.2, 0) is 16.3 Å². The van der Waals surface area contributed by atoms with Gasteiger partial charge in [0.2, 0.25) is 0 Å². The highest BCUT2D eigenvalue weighted by Crippen LogP contribution is 2.33. The monoisotopic (exact) mass is 510 g/mol. The van der Waals surface area contributed by atoms with Crippen molar-refractivity contribution in [1.82, 2.24) is 0 Å². The van der Waals surface area contributed by atoms with Gasteiger partial charge in [0.15, 0.2) is 9.84 Å². The Morgan fingerprint density at radius 3 is 2.31 bits per heavy atom. The molecule has 0 aliphatic carbocycles. The van der Waals surface area contributed by atoms with Crippen LogP contribution in [0.3, 0.4) is 0 Å². The van der Waals surface area contributed by atoms with Gasteiger partial charge in [-0.1, -0.05) is 67.9 Å². The second kappa shape index (κ2) is 10.1. The summed E-state index contributed by atoms with van der Waals surface area (Å²) in [7, 11) is -3.28. The van der Waals surface area contributed by atoms with Crippen molar-refractivity contribution in [2.45, 2.75) is 49.6 Å². The highest BCUT2D eigenvalue weighted by molar-refractivity contribution is 7.90. The summed E-state index contributed by atoms with van der Waals surface area (Å²) in [5, 5.41) is 11.9. The molecule has 1 atom stereocenters. The molecule has 0 spiro atoms. The summed E-state index contributed by atoms with van der Waals surface area (Å²) in [5.41, 5.74) is 2.86. The average molecular weight is 511 g/mol. The van der Waals surface area contributed by atoms with Gasteiger partial charge in [0.05, 0.1) is 16.5 Å². The highest BCUT2D eigenvalue weighted by atomic mass is 35.5. The van der Waals surface area contributed by atoms with Gasteiger partial charge in [0.1, 0.15) is 5.84 Å². The number of hydrogen-bond acceptors (Lipinski definition) is 5. The zero-order valence-electron chi connectivity index (χ0n) is 20.3. The number of hydrogen-bond donors (Lipinski definition) is 1. The molecule has 1 N–H and O–H groups in total. The fraction of sp³-hybridized carbons (Fsp3) is 0.321. The van der Waals surface area contributed by atoms with Crippen molar-refractivity contribution in [3.63, 3.8) is 0 Å². The first-order chi connectivity index (χ1) is 16.6. The van der Waals surface area contributed by atoms with E-state index in [1.165, 1.54) is 6.26 Å². The van der Waals surface area contributed by atoms with E-state index >= 15 is 0 Å². The molecule has 1 aliphatic heterocycles. The molecular weight excluding hydrogens is 480 g/mol. The number of anilines is 1. The topological polar surface area (TPSA) is 70.0 Å². The van der Waals surface area contributed by atoms with Crippen LogP contribution in [0.15, 0.2) is 82.7 Å². The lowest BCUT2D eigenvalue weighted by molar-refractivity contribution is 0.0121. The standard InChI is InChI=1S/C28H31ClN2O3S/c1-4-28(32,5-2)26-19-31(27(30-26)18-22-9-6-7-12-25(22)29)23-15-13-20(14-16-23)21-10-8-11-24(17-21)35(3,33)34/h6-17,26,32H,4-5,18-19H2,1-3H3. The molecule has 1 heterocycles. The molecule has 0 saturated heterocycles. The Balaban J connectivity index is 1.66. The molecule has 1 aliphatic rings. The van der Waals surface area contributed by atoms with E-state index in [9.17, 15) is 13.5 Å². The Hall–Kier alpha value is -2.67. The quantitative estimate of drug-likeness (QED) is 0.416. The van der Waals surface area contributed by atoms with Crippen molar-refractivity contribution in [2.24, 2.45) is 4.99 Å². The van der Waals surface area contributed by atoms with Crippen molar-refractivity contribution in [3.05, 3.63) is 83.4 Å². The zero-order chi connectivity index (χ0) is 25.2. The minimum Gasteiger partial charge on any atom is -0.388 e. The van der Waals surface area contributed by atoms with E-state index in [1.54, 1.807) is 18.2 Å². The number of amidine groups is 1. The zero-order valence-corrected chi connectivity index (χ0v) is 21.9. The molecule has 0 radical (unpaired) electrons. The van der Waals surface area contributed by atoms with E-state index in [4.69, 9.17) is 16.6 Å². The number of nitrogens with zero attached hydrogens (tertiary/aromatic N) is 2. The average Bonchev–Trinajstić information content (AvgIpc) is 3.29. The molecule has 0 bridgehead atoms. The molecule has 0 saturated carbocycles. The lowest BCUT2D eigenvalue weighted by atomic mass is 9.89. The summed E-state index contributed by atoms with van der Waals surface area (Å²) in [6, 6.07) is 22.5. The van der Waals surface area contributed by atoms with E-state index in [2.05, 4.69) is 4.90 Å². The molecule has 0 amide bonds. The van der Waals surface area contributed by atoms with Gasteiger partial charge in [-0.25, -0.2) is 8.42 Å². The lowest BCUT2D eigenvalue weighted by Crippen LogP contribution is -2.43. The predicted octanol–water partition coefficient (Wildman–Crippen LogP) is 5.79. The first kappa shape index (κ1) is 25.4. The Kier molecular flexibility index (Phi) is 7.36. The third-order valence-corrected chi connectivity index (χ3v) is 8.38. The van der Waals surface area contributed by atoms with Gasteiger partial charge in [-0.3, -0.25) is 4.99 Å². The smallest absolute Gasteiger partial charge is 0.175 e. The normalized spacial score (nSPS) is 16.4. The molecule has 1 unspecified atom stereocenters. The van der Waals surface area contributed by atoms with E-state index in [0.717, 1.165) is 28.2 Å². The molecule has 3 aromatic carbocycles. The summed E-state index contributed by atoms with van der Waals surface area (Å²) >= 11 is 6.44. The molecule has 184 valence electrons. The Morgan fingerprint density at radius 2 is 1.69 bits per heavy atom. The molecule has 0 fully saturated rings. The molecular formula is C28H31ClN2O3S. The van der Waals surface area contributed by atoms with Crippen LogP contribution >= 0.6 is 11.6 Å². The van der Waals surface area contributed by atoms with Gasteiger partial charge in [0.25, 0.3) is 0 Å². The lowest BCUT2D eigenvalue weighted by Gasteiger charge is -2.31. The number of halogens is 1. The highest BCUT2D eigenvalue weighted by Gasteiger charge is 2.39. The van der Waals surface area contributed by atoms with Crippen LogP contribution in [0.25, 0.3) is 11.1 Å². The van der Waals surface area contributed by atoms with Crippen molar-refractivity contribution in [2.75, 3.05) is 17.7 Å². The predicted molar refractivity (Wildman–Crippen MR) is 144 cm³/mol. The fourth-order valence-corrected chi connectivity index (χ4v) is 5.40. The molecule has 0 aromatic heterocycles. The van der Waals surface area contributed by atoms with Crippen LogP contribution in [0.5, 0.6) is 0 Å². The molecule has 3 aromatic rings. The van der Waals surface area contributed by atoms with E-state index in [1.807, 2.05) is 68.4 Å². The molecule has 4 rings (SSSR count). The molecule has 7 heteroatoms. The van der Waals surface area contributed by atoms with Crippen LogP contribution in [0, 0.1) is 0 Å². The summed E-state index contributed by atoms with van der Waals surface area (Å²) in [6.07, 6.45) is 3.03. The van der Waals surface area contributed by atoms with E-state index in [-0.39, 0.29) is 6.04 Å². The van der Waals surface area contributed by atoms with Crippen molar-refractivity contribution in [1.29, 1.82) is 0 Å². The van der Waals surface area contributed by atoms with Gasteiger partial charge in [-0.05, 0) is 59.9 Å². The Morgan fingerprint density at radius 1 is 1.00 bits per heavy atom. The SMILES string of the molecule is CCC(O)(CC)C1CN(c2ccc(-c3cccc(S(C)(=O)=O)c3)cc2)C(Cc2ccccc2Cl)=N1. The minimum absolute atomic E-state index is 0.235.